The average Bonchev–Trinajstić information content (AvgIpc) is 3.46. The molecule has 1 aliphatic heterocycles. The van der Waals surface area contributed by atoms with Crippen LogP contribution in [-0.4, -0.2) is 49.6 Å². The molecule has 2 fully saturated rings. The number of nitrogens with one attached hydrogen (secondary N) is 1. The molecule has 1 atom stereocenters. The van der Waals surface area contributed by atoms with Crippen LogP contribution in [0.3, 0.4) is 0 Å². The molecule has 2 aromatic carbocycles. The zero-order valence-corrected chi connectivity index (χ0v) is 19.7. The zero-order valence-electron chi connectivity index (χ0n) is 19.7. The van der Waals surface area contributed by atoms with Gasteiger partial charge in [-0.05, 0) is 69.0 Å². The summed E-state index contributed by atoms with van der Waals surface area (Å²) in [4.78, 5) is 51.6. The van der Waals surface area contributed by atoms with Gasteiger partial charge >= 0.3 is 5.97 Å². The number of carbonyl (C=O) groups excluding carboxylic acids is 4. The maximum Gasteiger partial charge on any atom is 0.338 e. The predicted molar refractivity (Wildman–Crippen MR) is 127 cm³/mol. The number of rotatable bonds is 8. The zero-order chi connectivity index (χ0) is 24.9. The summed E-state index contributed by atoms with van der Waals surface area (Å²) in [6.45, 7) is 1.90. The van der Waals surface area contributed by atoms with E-state index in [1.807, 2.05) is 0 Å². The molecule has 4 rings (SSSR count). The van der Waals surface area contributed by atoms with Crippen LogP contribution in [0, 0.1) is 0 Å². The van der Waals surface area contributed by atoms with Gasteiger partial charge in [-0.25, -0.2) is 9.69 Å². The second-order valence-electron chi connectivity index (χ2n) is 8.46. The number of hydrogen-bond acceptors (Lipinski definition) is 7. The standard InChI is InChI=1S/C26H28N2O7/c1-3-34-26(32)17-7-6-8-18(13-17)28-23(29)15-20(25(28)31)27-24(30)16-11-12-21(33-2)22(14-16)35-19-9-4-5-10-19/h6-8,11-14,19-20H,3-5,9-10,15H2,1-2H3,(H,27,30)/t20-/m0/s1. The smallest absolute Gasteiger partial charge is 0.338 e. The largest absolute Gasteiger partial charge is 0.493 e. The van der Waals surface area contributed by atoms with Gasteiger partial charge in [-0.15, -0.1) is 0 Å². The van der Waals surface area contributed by atoms with Crippen molar-refractivity contribution >= 4 is 29.4 Å². The van der Waals surface area contributed by atoms with Gasteiger partial charge in [0.2, 0.25) is 5.91 Å². The number of hydrogen-bond donors (Lipinski definition) is 1. The normalized spacial score (nSPS) is 18.0. The number of nitrogens with zero attached hydrogens (tertiary/aromatic N) is 1. The lowest BCUT2D eigenvalue weighted by Crippen LogP contribution is -2.41. The number of benzene rings is 2. The molecule has 3 amide bonds. The van der Waals surface area contributed by atoms with Crippen molar-refractivity contribution in [1.29, 1.82) is 0 Å². The van der Waals surface area contributed by atoms with Crippen molar-refractivity contribution in [2.45, 2.75) is 51.2 Å². The first kappa shape index (κ1) is 24.3. The molecule has 35 heavy (non-hydrogen) atoms. The van der Waals surface area contributed by atoms with Crippen LogP contribution in [0.1, 0.15) is 59.7 Å². The maximum atomic E-state index is 13.0. The summed E-state index contributed by atoms with van der Waals surface area (Å²) in [6, 6.07) is 9.88. The Hall–Kier alpha value is -3.88. The summed E-state index contributed by atoms with van der Waals surface area (Å²) in [5, 5.41) is 2.65. The Balaban J connectivity index is 1.48. The Morgan fingerprint density at radius 3 is 2.51 bits per heavy atom. The van der Waals surface area contributed by atoms with Crippen molar-refractivity contribution in [2.75, 3.05) is 18.6 Å². The van der Waals surface area contributed by atoms with E-state index in [9.17, 15) is 19.2 Å². The molecule has 9 nitrogen and oxygen atoms in total. The third-order valence-corrected chi connectivity index (χ3v) is 6.09. The van der Waals surface area contributed by atoms with Gasteiger partial charge in [0.25, 0.3) is 11.8 Å². The van der Waals surface area contributed by atoms with Crippen LogP contribution in [0.4, 0.5) is 5.69 Å². The number of carbonyl (C=O) groups is 4. The minimum atomic E-state index is -1.03. The fourth-order valence-corrected chi connectivity index (χ4v) is 4.34. The Morgan fingerprint density at radius 2 is 1.80 bits per heavy atom. The number of esters is 1. The highest BCUT2D eigenvalue weighted by atomic mass is 16.5. The first-order chi connectivity index (χ1) is 16.9. The number of methoxy groups -OCH3 is 1. The second-order valence-corrected chi connectivity index (χ2v) is 8.46. The lowest BCUT2D eigenvalue weighted by atomic mass is 10.1. The quantitative estimate of drug-likeness (QED) is 0.456. The Morgan fingerprint density at radius 1 is 1.03 bits per heavy atom. The van der Waals surface area contributed by atoms with Crippen LogP contribution >= 0.6 is 0 Å². The minimum Gasteiger partial charge on any atom is -0.493 e. The summed E-state index contributed by atoms with van der Waals surface area (Å²) in [6.07, 6.45) is 4.00. The average molecular weight is 481 g/mol. The highest BCUT2D eigenvalue weighted by Crippen LogP contribution is 2.32. The molecule has 0 radical (unpaired) electrons. The van der Waals surface area contributed by atoms with Crippen LogP contribution < -0.4 is 19.7 Å². The van der Waals surface area contributed by atoms with E-state index < -0.39 is 29.7 Å². The second kappa shape index (κ2) is 10.6. The summed E-state index contributed by atoms with van der Waals surface area (Å²) in [5.74, 6) is -1.10. The van der Waals surface area contributed by atoms with Crippen molar-refractivity contribution in [3.05, 3.63) is 53.6 Å². The molecule has 1 saturated heterocycles. The van der Waals surface area contributed by atoms with Gasteiger partial charge in [0.1, 0.15) is 6.04 Å². The molecule has 0 aromatic heterocycles. The van der Waals surface area contributed by atoms with Crippen molar-refractivity contribution in [3.8, 4) is 11.5 Å². The molecule has 0 unspecified atom stereocenters. The van der Waals surface area contributed by atoms with Gasteiger partial charge in [-0.3, -0.25) is 14.4 Å². The molecule has 184 valence electrons. The number of imide groups is 1. The fraction of sp³-hybridized carbons (Fsp3) is 0.385. The molecule has 1 N–H and O–H groups in total. The first-order valence-electron chi connectivity index (χ1n) is 11.7. The van der Waals surface area contributed by atoms with E-state index in [1.165, 1.54) is 13.2 Å². The van der Waals surface area contributed by atoms with Crippen LogP contribution in [0.15, 0.2) is 42.5 Å². The Labute approximate surface area is 203 Å². The van der Waals surface area contributed by atoms with Gasteiger partial charge in [-0.2, -0.15) is 0 Å². The Bertz CT molecular complexity index is 1140. The summed E-state index contributed by atoms with van der Waals surface area (Å²) in [5.41, 5.74) is 0.770. The summed E-state index contributed by atoms with van der Waals surface area (Å²) < 4.78 is 16.4. The molecule has 9 heteroatoms. The predicted octanol–water partition coefficient (Wildman–Crippen LogP) is 3.26. The lowest BCUT2D eigenvalue weighted by Gasteiger charge is -2.18. The topological polar surface area (TPSA) is 111 Å². The fourth-order valence-electron chi connectivity index (χ4n) is 4.34. The molecule has 0 bridgehead atoms. The van der Waals surface area contributed by atoms with Crippen LogP contribution in [0.2, 0.25) is 0 Å². The van der Waals surface area contributed by atoms with Gasteiger partial charge in [0.15, 0.2) is 11.5 Å². The third kappa shape index (κ3) is 5.29. The van der Waals surface area contributed by atoms with E-state index in [2.05, 4.69) is 5.32 Å². The van der Waals surface area contributed by atoms with Crippen LogP contribution in [-0.2, 0) is 14.3 Å². The van der Waals surface area contributed by atoms with Crippen LogP contribution in [0.5, 0.6) is 11.5 Å². The van der Waals surface area contributed by atoms with Crippen LogP contribution in [0.25, 0.3) is 0 Å². The molecule has 2 aromatic rings. The molecular weight excluding hydrogens is 452 g/mol. The third-order valence-electron chi connectivity index (χ3n) is 6.09. The van der Waals surface area contributed by atoms with E-state index in [4.69, 9.17) is 14.2 Å². The maximum absolute atomic E-state index is 13.0. The SMILES string of the molecule is CCOC(=O)c1cccc(N2C(=O)C[C@H](NC(=O)c3ccc(OC)c(OC4CCCC4)c3)C2=O)c1. The molecular formula is C26H28N2O7. The summed E-state index contributed by atoms with van der Waals surface area (Å²) in [7, 11) is 1.53. The lowest BCUT2D eigenvalue weighted by molar-refractivity contribution is -0.121. The van der Waals surface area contributed by atoms with Gasteiger partial charge in [-0.1, -0.05) is 6.07 Å². The Kier molecular flexibility index (Phi) is 7.33. The monoisotopic (exact) mass is 480 g/mol. The van der Waals surface area contributed by atoms with E-state index in [-0.39, 0.29) is 30.4 Å². The van der Waals surface area contributed by atoms with E-state index in [0.29, 0.717) is 17.1 Å². The summed E-state index contributed by atoms with van der Waals surface area (Å²) >= 11 is 0. The number of anilines is 1. The van der Waals surface area contributed by atoms with E-state index in [1.54, 1.807) is 43.3 Å². The highest BCUT2D eigenvalue weighted by Gasteiger charge is 2.40. The van der Waals surface area contributed by atoms with Crippen molar-refractivity contribution < 1.29 is 33.4 Å². The van der Waals surface area contributed by atoms with Crippen molar-refractivity contribution in [2.24, 2.45) is 0 Å². The molecule has 1 saturated carbocycles. The molecule has 2 aliphatic rings. The van der Waals surface area contributed by atoms with E-state index in [0.717, 1.165) is 30.6 Å². The molecule has 1 heterocycles. The number of amides is 3. The van der Waals surface area contributed by atoms with Gasteiger partial charge in [0, 0.05) is 5.56 Å². The van der Waals surface area contributed by atoms with Gasteiger partial charge < -0.3 is 19.5 Å². The highest BCUT2D eigenvalue weighted by molar-refractivity contribution is 6.23. The first-order valence-corrected chi connectivity index (χ1v) is 11.7. The minimum absolute atomic E-state index is 0.0789. The van der Waals surface area contributed by atoms with Gasteiger partial charge in [0.05, 0.1) is 37.5 Å². The molecule has 0 spiro atoms. The van der Waals surface area contributed by atoms with E-state index >= 15 is 0 Å². The molecule has 1 aliphatic carbocycles. The number of ether oxygens (including phenoxy) is 3. The van der Waals surface area contributed by atoms with Crippen molar-refractivity contribution in [3.63, 3.8) is 0 Å². The van der Waals surface area contributed by atoms with Crippen molar-refractivity contribution in [1.82, 2.24) is 5.32 Å².